The number of fused-ring (bicyclic) bond motifs is 3. The van der Waals surface area contributed by atoms with E-state index in [1.165, 1.54) is 4.90 Å². The normalized spacial score (nSPS) is 17.7. The first-order valence-corrected chi connectivity index (χ1v) is 14.7. The molecule has 3 aromatic carbocycles. The lowest BCUT2D eigenvalue weighted by Crippen LogP contribution is -2.49. The van der Waals surface area contributed by atoms with Crippen molar-refractivity contribution in [3.63, 3.8) is 0 Å². The van der Waals surface area contributed by atoms with E-state index in [0.29, 0.717) is 41.2 Å². The van der Waals surface area contributed by atoms with E-state index in [-0.39, 0.29) is 29.9 Å². The second-order valence-electron chi connectivity index (χ2n) is 10.0. The van der Waals surface area contributed by atoms with E-state index in [1.807, 2.05) is 47.4 Å². The van der Waals surface area contributed by atoms with Gasteiger partial charge in [-0.1, -0.05) is 48.2 Å². The molecule has 1 atom stereocenters. The summed E-state index contributed by atoms with van der Waals surface area (Å²) in [4.78, 5) is 54.6. The fourth-order valence-electron chi connectivity index (χ4n) is 5.21. The Morgan fingerprint density at radius 2 is 1.74 bits per heavy atom. The second-order valence-corrected chi connectivity index (χ2v) is 11.0. The van der Waals surface area contributed by atoms with Crippen LogP contribution in [0.5, 0.6) is 5.75 Å². The average molecular weight is 583 g/mol. The van der Waals surface area contributed by atoms with Crippen LogP contribution in [0.4, 0.5) is 17.1 Å². The number of piperazine rings is 1. The second kappa shape index (κ2) is 12.1. The molecular formula is C31H30N6O4S. The number of methoxy groups -OCH3 is 1. The molecule has 3 aromatic rings. The van der Waals surface area contributed by atoms with Crippen LogP contribution < -0.4 is 15.0 Å². The average Bonchev–Trinajstić information content (AvgIpc) is 3.36. The monoisotopic (exact) mass is 582 g/mol. The number of ether oxygens (including phenoxy) is 1. The smallest absolute Gasteiger partial charge is 0.259 e. The number of anilines is 2. The number of amidine groups is 2. The number of carbonyl (C=O) groups excluding carboxylic acids is 3. The van der Waals surface area contributed by atoms with Crippen LogP contribution in [-0.2, 0) is 14.4 Å². The largest absolute Gasteiger partial charge is 0.497 e. The molecule has 3 amide bonds. The Hall–Kier alpha value is -4.64. The Labute approximate surface area is 248 Å². The van der Waals surface area contributed by atoms with Crippen molar-refractivity contribution >= 4 is 57.5 Å². The minimum atomic E-state index is -0.845. The van der Waals surface area contributed by atoms with E-state index in [2.05, 4.69) is 27.3 Å². The Morgan fingerprint density at radius 3 is 2.52 bits per heavy atom. The summed E-state index contributed by atoms with van der Waals surface area (Å²) in [7, 11) is 1.56. The third-order valence-corrected chi connectivity index (χ3v) is 8.29. The van der Waals surface area contributed by atoms with Gasteiger partial charge in [0.15, 0.2) is 5.17 Å². The number of nitrogens with one attached hydrogen (secondary N) is 1. The fraction of sp³-hybridized carbons (Fsp3) is 0.258. The summed E-state index contributed by atoms with van der Waals surface area (Å²) in [5.74, 6) is 0.479. The molecule has 42 heavy (non-hydrogen) atoms. The highest BCUT2D eigenvalue weighted by Gasteiger charge is 2.42. The van der Waals surface area contributed by atoms with Gasteiger partial charge in [-0.25, -0.2) is 9.89 Å². The highest BCUT2D eigenvalue weighted by atomic mass is 32.2. The van der Waals surface area contributed by atoms with Gasteiger partial charge in [-0.2, -0.15) is 0 Å². The predicted octanol–water partition coefficient (Wildman–Crippen LogP) is 3.76. The molecule has 0 bridgehead atoms. The molecule has 0 saturated carbocycles. The van der Waals surface area contributed by atoms with Gasteiger partial charge in [0.1, 0.15) is 17.6 Å². The quantitative estimate of drug-likeness (QED) is 0.455. The van der Waals surface area contributed by atoms with Crippen LogP contribution in [0.15, 0.2) is 88.8 Å². The van der Waals surface area contributed by atoms with Crippen LogP contribution in [0.1, 0.15) is 12.0 Å². The lowest BCUT2D eigenvalue weighted by molar-refractivity contribution is -0.135. The molecular weight excluding hydrogens is 552 g/mol. The van der Waals surface area contributed by atoms with E-state index in [9.17, 15) is 14.4 Å². The summed E-state index contributed by atoms with van der Waals surface area (Å²) >= 11 is 1.16. The summed E-state index contributed by atoms with van der Waals surface area (Å²) in [6.07, 6.45) is -0.0133. The van der Waals surface area contributed by atoms with Crippen LogP contribution >= 0.6 is 11.8 Å². The maximum atomic E-state index is 13.6. The lowest BCUT2D eigenvalue weighted by atomic mass is 10.1. The number of para-hydroxylation sites is 2. The zero-order valence-corrected chi connectivity index (χ0v) is 23.9. The van der Waals surface area contributed by atoms with Gasteiger partial charge in [-0.05, 0) is 36.4 Å². The van der Waals surface area contributed by atoms with Gasteiger partial charge in [-0.15, -0.1) is 0 Å². The van der Waals surface area contributed by atoms with Gasteiger partial charge >= 0.3 is 0 Å². The first-order valence-electron chi connectivity index (χ1n) is 13.7. The summed E-state index contributed by atoms with van der Waals surface area (Å²) in [6, 6.07) is 23.8. The summed E-state index contributed by atoms with van der Waals surface area (Å²) < 4.78 is 5.22. The molecule has 3 heterocycles. The zero-order chi connectivity index (χ0) is 29.1. The Balaban J connectivity index is 1.12. The van der Waals surface area contributed by atoms with E-state index in [4.69, 9.17) is 9.73 Å². The van der Waals surface area contributed by atoms with Gasteiger partial charge in [-0.3, -0.25) is 19.4 Å². The van der Waals surface area contributed by atoms with Crippen molar-refractivity contribution < 1.29 is 19.1 Å². The molecule has 0 aromatic heterocycles. The maximum Gasteiger partial charge on any atom is 0.259 e. The van der Waals surface area contributed by atoms with Crippen molar-refractivity contribution in [3.8, 4) is 5.75 Å². The maximum absolute atomic E-state index is 13.6. The molecule has 6 rings (SSSR count). The number of nitrogens with zero attached hydrogens (tertiary/aromatic N) is 5. The number of benzene rings is 3. The minimum Gasteiger partial charge on any atom is -0.497 e. The van der Waals surface area contributed by atoms with Crippen LogP contribution in [0.25, 0.3) is 0 Å². The first kappa shape index (κ1) is 27.5. The molecule has 0 spiro atoms. The van der Waals surface area contributed by atoms with Gasteiger partial charge in [0.25, 0.3) is 5.91 Å². The van der Waals surface area contributed by atoms with E-state index >= 15 is 0 Å². The van der Waals surface area contributed by atoms with Crippen LogP contribution in [-0.4, -0.2) is 83.6 Å². The predicted molar refractivity (Wildman–Crippen MR) is 165 cm³/mol. The molecule has 0 unspecified atom stereocenters. The van der Waals surface area contributed by atoms with Crippen molar-refractivity contribution in [1.82, 2.24) is 9.80 Å². The molecule has 1 fully saturated rings. The van der Waals surface area contributed by atoms with Crippen molar-refractivity contribution in [1.29, 1.82) is 0 Å². The number of aliphatic imine (C=N–C) groups is 2. The van der Waals surface area contributed by atoms with Crippen molar-refractivity contribution in [3.05, 3.63) is 84.4 Å². The van der Waals surface area contributed by atoms with Crippen LogP contribution in [0.2, 0.25) is 0 Å². The van der Waals surface area contributed by atoms with E-state index < -0.39 is 6.04 Å². The molecule has 3 aliphatic rings. The first-order chi connectivity index (χ1) is 20.5. The number of carbonyl (C=O) groups is 3. The summed E-state index contributed by atoms with van der Waals surface area (Å²) in [5, 5.41) is 3.21. The molecule has 0 radical (unpaired) electrons. The Morgan fingerprint density at radius 1 is 0.976 bits per heavy atom. The van der Waals surface area contributed by atoms with E-state index in [1.54, 1.807) is 31.4 Å². The van der Waals surface area contributed by atoms with Gasteiger partial charge in [0.2, 0.25) is 11.8 Å². The van der Waals surface area contributed by atoms with Gasteiger partial charge in [0.05, 0.1) is 25.0 Å². The lowest BCUT2D eigenvalue weighted by Gasteiger charge is -2.36. The molecule has 0 aliphatic carbocycles. The zero-order valence-electron chi connectivity index (χ0n) is 23.1. The molecule has 214 valence electrons. The van der Waals surface area contributed by atoms with Crippen LogP contribution in [0.3, 0.4) is 0 Å². The molecule has 1 saturated heterocycles. The van der Waals surface area contributed by atoms with E-state index in [0.717, 1.165) is 36.1 Å². The van der Waals surface area contributed by atoms with Gasteiger partial charge in [0, 0.05) is 49.2 Å². The standard InChI is InChI=1S/C31H30N6O4S/c1-41-23-11-7-8-21(18-23)32-27(38)20-42-31-34-25-13-6-5-12-24(25)29-33-26(30(40)37(29)31)19-28(39)36-16-14-35(15-17-36)22-9-3-2-4-10-22/h2-13,18,26H,14-17,19-20H2,1H3,(H,32,38)/t26-/m0/s1. The highest BCUT2D eigenvalue weighted by Crippen LogP contribution is 2.34. The van der Waals surface area contributed by atoms with Crippen molar-refractivity contribution in [2.24, 2.45) is 9.98 Å². The highest BCUT2D eigenvalue weighted by molar-refractivity contribution is 8.14. The number of hydrogen-bond donors (Lipinski definition) is 1. The topological polar surface area (TPSA) is 107 Å². The number of thioether (sulfide) groups is 1. The molecule has 10 nitrogen and oxygen atoms in total. The third kappa shape index (κ3) is 5.73. The van der Waals surface area contributed by atoms with Crippen LogP contribution in [0, 0.1) is 0 Å². The number of amides is 3. The van der Waals surface area contributed by atoms with Gasteiger partial charge < -0.3 is 19.9 Å². The summed E-state index contributed by atoms with van der Waals surface area (Å²) in [5.41, 5.74) is 3.14. The molecule has 3 aliphatic heterocycles. The number of rotatable bonds is 7. The van der Waals surface area contributed by atoms with Crippen molar-refractivity contribution in [2.75, 3.05) is 49.3 Å². The fourth-order valence-corrected chi connectivity index (χ4v) is 6.01. The SMILES string of the molecule is COc1cccc(NC(=O)CSC2=Nc3ccccc3C3=N[C@@H](CC(=O)N4CCN(c5ccccc5)CC4)C(=O)N23)c1. The Bertz CT molecular complexity index is 1570. The Kier molecular flexibility index (Phi) is 7.91. The third-order valence-electron chi connectivity index (χ3n) is 7.36. The summed E-state index contributed by atoms with van der Waals surface area (Å²) in [6.45, 7) is 2.63. The molecule has 11 heteroatoms. The van der Waals surface area contributed by atoms with Crippen molar-refractivity contribution in [2.45, 2.75) is 12.5 Å². The minimum absolute atomic E-state index is 0.0133. The number of hydrogen-bond acceptors (Lipinski definition) is 8. The molecule has 1 N–H and O–H groups in total.